The predicted octanol–water partition coefficient (Wildman–Crippen LogP) is 7.96. The van der Waals surface area contributed by atoms with Crippen molar-refractivity contribution in [2.24, 2.45) is 10.2 Å². The van der Waals surface area contributed by atoms with Gasteiger partial charge in [0.25, 0.3) is 0 Å². The minimum Gasteiger partial charge on any atom is -0.456 e. The highest BCUT2D eigenvalue weighted by Crippen LogP contribution is 2.48. The van der Waals surface area contributed by atoms with Gasteiger partial charge in [0.1, 0.15) is 11.2 Å². The number of likely N-dealkylation sites (N-methyl/N-ethyl adjacent to an activating group) is 1. The third-order valence-electron chi connectivity index (χ3n) is 6.08. The molecule has 0 spiro atoms. The van der Waals surface area contributed by atoms with Gasteiger partial charge in [-0.15, -0.1) is 0 Å². The number of alkyl halides is 3. The largest absolute Gasteiger partial charge is 0.456 e. The van der Waals surface area contributed by atoms with Crippen molar-refractivity contribution in [2.75, 3.05) is 11.9 Å². The smallest absolute Gasteiger partial charge is 0.416 e. The predicted molar refractivity (Wildman–Crippen MR) is 119 cm³/mol. The summed E-state index contributed by atoms with van der Waals surface area (Å²) in [5.74, 6) is 0. The number of hydrogen-bond donors (Lipinski definition) is 0. The van der Waals surface area contributed by atoms with Crippen LogP contribution in [-0.4, -0.2) is 7.05 Å². The van der Waals surface area contributed by atoms with Gasteiger partial charge in [0.15, 0.2) is 0 Å². The SMILES string of the molecule is CN1C(=CN=Nc2ccc3c(c2)oc2ccccc23)C(C)(C)c2cc(C(F)(F)F)ccc21. The summed E-state index contributed by atoms with van der Waals surface area (Å²) in [7, 11) is 1.82. The van der Waals surface area contributed by atoms with E-state index in [0.29, 0.717) is 11.3 Å². The molecule has 0 saturated heterocycles. The van der Waals surface area contributed by atoms with Crippen molar-refractivity contribution < 1.29 is 17.6 Å². The molecule has 0 amide bonds. The van der Waals surface area contributed by atoms with Crippen LogP contribution in [0.4, 0.5) is 24.5 Å². The zero-order valence-corrected chi connectivity index (χ0v) is 17.7. The van der Waals surface area contributed by atoms with Gasteiger partial charge in [-0.25, -0.2) is 0 Å². The summed E-state index contributed by atoms with van der Waals surface area (Å²) in [5, 5.41) is 10.6. The molecule has 1 aliphatic rings. The third kappa shape index (κ3) is 3.16. The first-order valence-electron chi connectivity index (χ1n) is 10.1. The summed E-state index contributed by atoms with van der Waals surface area (Å²) in [4.78, 5) is 1.86. The minimum atomic E-state index is -4.38. The van der Waals surface area contributed by atoms with Gasteiger partial charge in [-0.05, 0) is 42.0 Å². The molecule has 0 radical (unpaired) electrons. The fourth-order valence-electron chi connectivity index (χ4n) is 4.37. The Kier molecular flexibility index (Phi) is 4.41. The third-order valence-corrected chi connectivity index (χ3v) is 6.08. The quantitative estimate of drug-likeness (QED) is 0.300. The maximum absolute atomic E-state index is 13.2. The number of azo groups is 1. The van der Waals surface area contributed by atoms with E-state index >= 15 is 0 Å². The number of hydrogen-bond acceptors (Lipinski definition) is 4. The Morgan fingerprint density at radius 3 is 2.47 bits per heavy atom. The first-order valence-corrected chi connectivity index (χ1v) is 10.1. The zero-order valence-electron chi connectivity index (χ0n) is 17.7. The van der Waals surface area contributed by atoms with Crippen LogP contribution in [0.2, 0.25) is 0 Å². The van der Waals surface area contributed by atoms with E-state index in [1.54, 1.807) is 6.20 Å². The Morgan fingerprint density at radius 1 is 0.938 bits per heavy atom. The number of benzene rings is 3. The van der Waals surface area contributed by atoms with Crippen molar-refractivity contribution >= 4 is 33.3 Å². The number of fused-ring (bicyclic) bond motifs is 4. The van der Waals surface area contributed by atoms with Gasteiger partial charge in [-0.1, -0.05) is 32.0 Å². The topological polar surface area (TPSA) is 41.1 Å². The molecule has 0 bridgehead atoms. The fraction of sp³-hybridized carbons (Fsp3) is 0.200. The Bertz CT molecular complexity index is 1410. The summed E-state index contributed by atoms with van der Waals surface area (Å²) in [6.07, 6.45) is -2.78. The Hall–Kier alpha value is -3.61. The highest BCUT2D eigenvalue weighted by Gasteiger charge is 2.41. The van der Waals surface area contributed by atoms with Crippen LogP contribution >= 0.6 is 0 Å². The van der Waals surface area contributed by atoms with Crippen LogP contribution in [0.5, 0.6) is 0 Å². The van der Waals surface area contributed by atoms with Gasteiger partial charge >= 0.3 is 6.18 Å². The number of allylic oxidation sites excluding steroid dienone is 1. The maximum Gasteiger partial charge on any atom is 0.416 e. The fourth-order valence-corrected chi connectivity index (χ4v) is 4.37. The minimum absolute atomic E-state index is 0.611. The molecule has 32 heavy (non-hydrogen) atoms. The molecule has 5 rings (SSSR count). The summed E-state index contributed by atoms with van der Waals surface area (Å²) < 4.78 is 45.5. The second kappa shape index (κ2) is 6.95. The lowest BCUT2D eigenvalue weighted by atomic mass is 9.83. The first-order chi connectivity index (χ1) is 15.2. The van der Waals surface area contributed by atoms with Gasteiger partial charge in [-0.2, -0.15) is 23.4 Å². The van der Waals surface area contributed by atoms with E-state index < -0.39 is 17.2 Å². The molecule has 162 valence electrons. The molecular formula is C25H20F3N3O. The number of anilines is 1. The van der Waals surface area contributed by atoms with Crippen molar-refractivity contribution in [3.63, 3.8) is 0 Å². The van der Waals surface area contributed by atoms with Crippen molar-refractivity contribution in [3.8, 4) is 0 Å². The second-order valence-corrected chi connectivity index (χ2v) is 8.42. The molecular weight excluding hydrogens is 415 g/mol. The van der Waals surface area contributed by atoms with Crippen LogP contribution < -0.4 is 4.90 Å². The van der Waals surface area contributed by atoms with E-state index in [2.05, 4.69) is 10.2 Å². The van der Waals surface area contributed by atoms with E-state index in [-0.39, 0.29) is 0 Å². The van der Waals surface area contributed by atoms with Gasteiger partial charge in [-0.3, -0.25) is 0 Å². The van der Waals surface area contributed by atoms with E-state index in [1.807, 2.05) is 68.3 Å². The van der Waals surface area contributed by atoms with E-state index in [9.17, 15) is 13.2 Å². The van der Waals surface area contributed by atoms with Crippen LogP contribution in [0.1, 0.15) is 25.0 Å². The maximum atomic E-state index is 13.2. The standard InChI is InChI=1S/C25H20F3N3O/c1-24(2)19-12-15(25(26,27)28)8-11-20(19)31(3)23(24)14-29-30-16-9-10-18-17-6-4-5-7-21(17)32-22(18)13-16/h4-14H,1-3H3. The molecule has 3 aromatic carbocycles. The molecule has 0 atom stereocenters. The molecule has 1 aromatic heterocycles. The van der Waals surface area contributed by atoms with Crippen molar-refractivity contribution in [2.45, 2.75) is 25.4 Å². The Balaban J connectivity index is 1.47. The van der Waals surface area contributed by atoms with Crippen LogP contribution in [0, 0.1) is 0 Å². The van der Waals surface area contributed by atoms with E-state index in [4.69, 9.17) is 4.42 Å². The first kappa shape index (κ1) is 20.3. The van der Waals surface area contributed by atoms with Crippen molar-refractivity contribution in [1.29, 1.82) is 0 Å². The summed E-state index contributed by atoms with van der Waals surface area (Å²) in [5.41, 5.74) is 2.97. The van der Waals surface area contributed by atoms with Crippen molar-refractivity contribution in [1.82, 2.24) is 0 Å². The molecule has 4 nitrogen and oxygen atoms in total. The molecule has 7 heteroatoms. The highest BCUT2D eigenvalue weighted by molar-refractivity contribution is 6.05. The molecule has 0 fully saturated rings. The van der Waals surface area contributed by atoms with Gasteiger partial charge < -0.3 is 9.32 Å². The average Bonchev–Trinajstić information content (AvgIpc) is 3.21. The number of furan rings is 1. The molecule has 0 saturated carbocycles. The second-order valence-electron chi connectivity index (χ2n) is 8.42. The lowest BCUT2D eigenvalue weighted by molar-refractivity contribution is -0.137. The summed E-state index contributed by atoms with van der Waals surface area (Å²) >= 11 is 0. The number of rotatable bonds is 2. The van der Waals surface area contributed by atoms with E-state index in [1.165, 1.54) is 12.1 Å². The molecule has 0 N–H and O–H groups in total. The molecule has 0 aliphatic carbocycles. The van der Waals surface area contributed by atoms with Crippen LogP contribution in [-0.2, 0) is 11.6 Å². The lowest BCUT2D eigenvalue weighted by Gasteiger charge is -2.23. The average molecular weight is 435 g/mol. The number of nitrogens with zero attached hydrogens (tertiary/aromatic N) is 3. The molecule has 2 heterocycles. The summed E-state index contributed by atoms with van der Waals surface area (Å²) in [6, 6.07) is 17.3. The molecule has 4 aromatic rings. The lowest BCUT2D eigenvalue weighted by Crippen LogP contribution is -2.22. The summed E-state index contributed by atoms with van der Waals surface area (Å²) in [6.45, 7) is 3.77. The van der Waals surface area contributed by atoms with Gasteiger partial charge in [0, 0.05) is 40.7 Å². The van der Waals surface area contributed by atoms with Crippen LogP contribution in [0.15, 0.2) is 87.2 Å². The van der Waals surface area contributed by atoms with Crippen LogP contribution in [0.3, 0.4) is 0 Å². The van der Waals surface area contributed by atoms with Crippen molar-refractivity contribution in [3.05, 3.63) is 83.7 Å². The molecule has 1 aliphatic heterocycles. The number of halogens is 3. The van der Waals surface area contributed by atoms with Gasteiger partial charge in [0.05, 0.1) is 17.5 Å². The monoisotopic (exact) mass is 435 g/mol. The Morgan fingerprint density at radius 2 is 1.69 bits per heavy atom. The zero-order chi connectivity index (χ0) is 22.7. The Labute approximate surface area is 182 Å². The normalized spacial score (nSPS) is 17.2. The highest BCUT2D eigenvalue weighted by atomic mass is 19.4. The van der Waals surface area contributed by atoms with Crippen LogP contribution in [0.25, 0.3) is 21.9 Å². The number of para-hydroxylation sites is 1. The van der Waals surface area contributed by atoms with E-state index in [0.717, 1.165) is 39.4 Å². The van der Waals surface area contributed by atoms with Gasteiger partial charge in [0.2, 0.25) is 0 Å². The molecule has 0 unspecified atom stereocenters.